The van der Waals surface area contributed by atoms with E-state index in [0.29, 0.717) is 11.3 Å². The Kier molecular flexibility index (Phi) is 4.13. The zero-order chi connectivity index (χ0) is 17.1. The van der Waals surface area contributed by atoms with Crippen LogP contribution in [0.15, 0.2) is 55.4 Å². The molecule has 0 radical (unpaired) electrons. The number of carbonyl (C=O) groups excluding carboxylic acids is 1. The standard InChI is InChI=1S/C19H14FN3O/c1-3-18(24)22-16-10-17-14(12-23(2)19(17)21-11-16)8-7-13-5-4-6-15(20)9-13/h3-6,9-12H,1H2,2H3,(H,22,24). The summed E-state index contributed by atoms with van der Waals surface area (Å²) in [5, 5.41) is 3.48. The van der Waals surface area contributed by atoms with Gasteiger partial charge in [0.2, 0.25) is 5.91 Å². The smallest absolute Gasteiger partial charge is 0.247 e. The minimum atomic E-state index is -0.323. The molecule has 0 saturated carbocycles. The Bertz CT molecular complexity index is 1010. The highest BCUT2D eigenvalue weighted by atomic mass is 19.1. The van der Waals surface area contributed by atoms with Gasteiger partial charge < -0.3 is 9.88 Å². The third kappa shape index (κ3) is 3.18. The largest absolute Gasteiger partial charge is 0.334 e. The van der Waals surface area contributed by atoms with E-state index >= 15 is 0 Å². The number of anilines is 1. The highest BCUT2D eigenvalue weighted by Crippen LogP contribution is 2.21. The summed E-state index contributed by atoms with van der Waals surface area (Å²) in [6.45, 7) is 3.42. The Hall–Kier alpha value is -3.39. The van der Waals surface area contributed by atoms with E-state index in [1.165, 1.54) is 18.2 Å². The van der Waals surface area contributed by atoms with Crippen LogP contribution in [0, 0.1) is 17.7 Å². The highest BCUT2D eigenvalue weighted by molar-refractivity contribution is 6.00. The monoisotopic (exact) mass is 319 g/mol. The maximum Gasteiger partial charge on any atom is 0.247 e. The van der Waals surface area contributed by atoms with Crippen molar-refractivity contribution in [3.8, 4) is 11.8 Å². The fraction of sp³-hybridized carbons (Fsp3) is 0.0526. The molecule has 5 heteroatoms. The zero-order valence-electron chi connectivity index (χ0n) is 13.0. The fourth-order valence-corrected chi connectivity index (χ4v) is 2.33. The molecule has 2 heterocycles. The topological polar surface area (TPSA) is 46.9 Å². The van der Waals surface area contributed by atoms with E-state index in [0.717, 1.165) is 16.6 Å². The highest BCUT2D eigenvalue weighted by Gasteiger charge is 2.08. The molecule has 0 saturated heterocycles. The van der Waals surface area contributed by atoms with Crippen LogP contribution in [0.25, 0.3) is 11.0 Å². The fourth-order valence-electron chi connectivity index (χ4n) is 2.33. The van der Waals surface area contributed by atoms with Gasteiger partial charge >= 0.3 is 0 Å². The van der Waals surface area contributed by atoms with Gasteiger partial charge in [0.05, 0.1) is 17.4 Å². The number of nitrogens with one attached hydrogen (secondary N) is 1. The van der Waals surface area contributed by atoms with Gasteiger partial charge in [-0.3, -0.25) is 4.79 Å². The molecule has 0 aliphatic heterocycles. The van der Waals surface area contributed by atoms with Crippen molar-refractivity contribution in [3.05, 3.63) is 72.3 Å². The number of aromatic nitrogens is 2. The molecule has 0 aliphatic rings. The molecular formula is C19H14FN3O. The predicted octanol–water partition coefficient (Wildman–Crippen LogP) is 3.24. The molecule has 1 N–H and O–H groups in total. The first kappa shape index (κ1) is 15.5. The summed E-state index contributed by atoms with van der Waals surface area (Å²) >= 11 is 0. The molecule has 3 aromatic rings. The van der Waals surface area contributed by atoms with Crippen LogP contribution < -0.4 is 5.32 Å². The Morgan fingerprint density at radius 3 is 2.96 bits per heavy atom. The van der Waals surface area contributed by atoms with Crippen molar-refractivity contribution in [3.63, 3.8) is 0 Å². The first-order valence-electron chi connectivity index (χ1n) is 7.23. The summed E-state index contributed by atoms with van der Waals surface area (Å²) in [6, 6.07) is 7.93. The van der Waals surface area contributed by atoms with Crippen molar-refractivity contribution in [1.29, 1.82) is 0 Å². The lowest BCUT2D eigenvalue weighted by atomic mass is 10.1. The van der Waals surface area contributed by atoms with Crippen molar-refractivity contribution >= 4 is 22.6 Å². The van der Waals surface area contributed by atoms with Gasteiger partial charge in [0.1, 0.15) is 11.5 Å². The molecule has 2 aromatic heterocycles. The second-order valence-corrected chi connectivity index (χ2v) is 5.20. The number of fused-ring (bicyclic) bond motifs is 1. The molecule has 4 nitrogen and oxygen atoms in total. The number of amides is 1. The van der Waals surface area contributed by atoms with E-state index in [2.05, 4.69) is 28.7 Å². The van der Waals surface area contributed by atoms with Gasteiger partial charge in [0.25, 0.3) is 0 Å². The van der Waals surface area contributed by atoms with Gasteiger partial charge in [-0.15, -0.1) is 0 Å². The van der Waals surface area contributed by atoms with Crippen molar-refractivity contribution in [2.24, 2.45) is 7.05 Å². The molecule has 0 unspecified atom stereocenters. The second kappa shape index (κ2) is 6.39. The van der Waals surface area contributed by atoms with Crippen molar-refractivity contribution < 1.29 is 9.18 Å². The molecule has 1 aromatic carbocycles. The summed E-state index contributed by atoms with van der Waals surface area (Å²) in [4.78, 5) is 15.8. The van der Waals surface area contributed by atoms with Gasteiger partial charge in [-0.2, -0.15) is 0 Å². The summed E-state index contributed by atoms with van der Waals surface area (Å²) in [5.41, 5.74) is 2.65. The molecule has 0 bridgehead atoms. The third-order valence-corrected chi connectivity index (χ3v) is 3.43. The van der Waals surface area contributed by atoms with Crippen LogP contribution >= 0.6 is 0 Å². The lowest BCUT2D eigenvalue weighted by molar-refractivity contribution is -0.111. The van der Waals surface area contributed by atoms with Crippen LogP contribution in [-0.4, -0.2) is 15.5 Å². The average Bonchev–Trinajstić information content (AvgIpc) is 2.88. The number of carbonyl (C=O) groups is 1. The lowest BCUT2D eigenvalue weighted by Gasteiger charge is -2.02. The van der Waals surface area contributed by atoms with Crippen LogP contribution in [0.1, 0.15) is 11.1 Å². The number of pyridine rings is 1. The van der Waals surface area contributed by atoms with Gasteiger partial charge in [0.15, 0.2) is 0 Å². The van der Waals surface area contributed by atoms with Gasteiger partial charge in [-0.25, -0.2) is 9.37 Å². The lowest BCUT2D eigenvalue weighted by Crippen LogP contribution is -2.07. The van der Waals surface area contributed by atoms with Gasteiger partial charge in [-0.05, 0) is 30.3 Å². The van der Waals surface area contributed by atoms with E-state index in [9.17, 15) is 9.18 Å². The van der Waals surface area contributed by atoms with Crippen LogP contribution in [0.4, 0.5) is 10.1 Å². The molecule has 1 amide bonds. The van der Waals surface area contributed by atoms with Crippen LogP contribution in [0.5, 0.6) is 0 Å². The Morgan fingerprint density at radius 1 is 1.38 bits per heavy atom. The number of hydrogen-bond donors (Lipinski definition) is 1. The number of aryl methyl sites for hydroxylation is 1. The van der Waals surface area contributed by atoms with E-state index in [4.69, 9.17) is 0 Å². The molecule has 0 spiro atoms. The Morgan fingerprint density at radius 2 is 2.21 bits per heavy atom. The van der Waals surface area contributed by atoms with E-state index < -0.39 is 0 Å². The van der Waals surface area contributed by atoms with Gasteiger partial charge in [0, 0.05) is 24.2 Å². The normalized spacial score (nSPS) is 10.1. The molecule has 118 valence electrons. The van der Waals surface area contributed by atoms with E-state index in [1.807, 2.05) is 17.8 Å². The molecule has 0 aliphatic carbocycles. The van der Waals surface area contributed by atoms with Crippen LogP contribution in [0.2, 0.25) is 0 Å². The van der Waals surface area contributed by atoms with E-state index in [-0.39, 0.29) is 11.7 Å². The number of hydrogen-bond acceptors (Lipinski definition) is 2. The summed E-state index contributed by atoms with van der Waals surface area (Å²) in [6.07, 6.45) is 4.62. The zero-order valence-corrected chi connectivity index (χ0v) is 13.0. The first-order chi connectivity index (χ1) is 11.6. The predicted molar refractivity (Wildman–Crippen MR) is 91.9 cm³/mol. The van der Waals surface area contributed by atoms with Crippen LogP contribution in [0.3, 0.4) is 0 Å². The van der Waals surface area contributed by atoms with Crippen molar-refractivity contribution in [1.82, 2.24) is 9.55 Å². The van der Waals surface area contributed by atoms with Crippen molar-refractivity contribution in [2.75, 3.05) is 5.32 Å². The molecule has 0 atom stereocenters. The quantitative estimate of drug-likeness (QED) is 0.582. The summed E-state index contributed by atoms with van der Waals surface area (Å²) < 4.78 is 15.1. The summed E-state index contributed by atoms with van der Waals surface area (Å²) in [5.74, 6) is 5.35. The number of rotatable bonds is 2. The van der Waals surface area contributed by atoms with Crippen LogP contribution in [-0.2, 0) is 11.8 Å². The van der Waals surface area contributed by atoms with Gasteiger partial charge in [-0.1, -0.05) is 24.5 Å². The number of halogens is 1. The molecule has 0 fully saturated rings. The molecule has 3 rings (SSSR count). The minimum Gasteiger partial charge on any atom is -0.334 e. The third-order valence-electron chi connectivity index (χ3n) is 3.43. The maximum atomic E-state index is 13.2. The van der Waals surface area contributed by atoms with E-state index in [1.54, 1.807) is 24.4 Å². The maximum absolute atomic E-state index is 13.2. The minimum absolute atomic E-state index is 0.306. The van der Waals surface area contributed by atoms with Crippen molar-refractivity contribution in [2.45, 2.75) is 0 Å². The number of benzene rings is 1. The Labute approximate surface area is 138 Å². The average molecular weight is 319 g/mol. The second-order valence-electron chi connectivity index (χ2n) is 5.20. The first-order valence-corrected chi connectivity index (χ1v) is 7.23. The number of nitrogens with zero attached hydrogens (tertiary/aromatic N) is 2. The SMILES string of the molecule is C=CC(=O)Nc1cnc2c(c1)c(C#Cc1cccc(F)c1)cn2C. The molecule has 24 heavy (non-hydrogen) atoms. The summed E-state index contributed by atoms with van der Waals surface area (Å²) in [7, 11) is 1.87. The Balaban J connectivity index is 2.03. The molecular weight excluding hydrogens is 305 g/mol.